The molecular weight excluding hydrogens is 256 g/mol. The minimum Gasteiger partial charge on any atom is -0.495 e. The Labute approximate surface area is 111 Å². The fourth-order valence-corrected chi connectivity index (χ4v) is 2.20. The molecule has 0 saturated carbocycles. The number of halogens is 1. The first-order valence-corrected chi connectivity index (χ1v) is 6.06. The zero-order valence-corrected chi connectivity index (χ0v) is 10.9. The van der Waals surface area contributed by atoms with Gasteiger partial charge in [0.15, 0.2) is 0 Å². The van der Waals surface area contributed by atoms with Gasteiger partial charge in [-0.1, -0.05) is 11.6 Å². The molecule has 0 unspecified atom stereocenters. The topological polar surface area (TPSA) is 53.0 Å². The van der Waals surface area contributed by atoms with E-state index in [2.05, 4.69) is 4.90 Å². The smallest absolute Gasteiger partial charge is 0.407 e. The van der Waals surface area contributed by atoms with Crippen molar-refractivity contribution in [3.63, 3.8) is 0 Å². The van der Waals surface area contributed by atoms with Crippen LogP contribution in [-0.2, 0) is 0 Å². The number of piperazine rings is 1. The number of carboxylic acid groups (broad SMARTS) is 1. The van der Waals surface area contributed by atoms with E-state index in [9.17, 15) is 4.79 Å². The lowest BCUT2D eigenvalue weighted by molar-refractivity contribution is 0.142. The van der Waals surface area contributed by atoms with Crippen molar-refractivity contribution in [2.75, 3.05) is 38.2 Å². The van der Waals surface area contributed by atoms with Gasteiger partial charge in [-0.2, -0.15) is 0 Å². The van der Waals surface area contributed by atoms with Gasteiger partial charge in [0.1, 0.15) is 5.75 Å². The highest BCUT2D eigenvalue weighted by Crippen LogP contribution is 2.29. The minimum atomic E-state index is -0.858. The molecule has 1 fully saturated rings. The van der Waals surface area contributed by atoms with Crippen LogP contribution in [0.1, 0.15) is 0 Å². The number of ether oxygens (including phenoxy) is 1. The molecule has 1 amide bonds. The van der Waals surface area contributed by atoms with Gasteiger partial charge in [0.05, 0.1) is 12.1 Å². The number of methoxy groups -OCH3 is 1. The van der Waals surface area contributed by atoms with Gasteiger partial charge in [-0.25, -0.2) is 4.79 Å². The van der Waals surface area contributed by atoms with E-state index in [1.807, 2.05) is 12.1 Å². The Bertz CT molecular complexity index is 445. The summed E-state index contributed by atoms with van der Waals surface area (Å²) in [5.74, 6) is 0.634. The van der Waals surface area contributed by atoms with E-state index < -0.39 is 6.09 Å². The standard InChI is InChI=1S/C12H15ClN2O3/c1-18-11-8-9(2-3-10(11)13)14-4-6-15(7-5-14)12(16)17/h2-3,8H,4-7H2,1H3,(H,16,17). The molecule has 0 aromatic heterocycles. The summed E-state index contributed by atoms with van der Waals surface area (Å²) in [4.78, 5) is 14.4. The van der Waals surface area contributed by atoms with E-state index in [0.29, 0.717) is 37.0 Å². The summed E-state index contributed by atoms with van der Waals surface area (Å²) in [7, 11) is 1.58. The summed E-state index contributed by atoms with van der Waals surface area (Å²) < 4.78 is 5.17. The molecule has 1 aliphatic heterocycles. The number of anilines is 1. The van der Waals surface area contributed by atoms with Crippen molar-refractivity contribution < 1.29 is 14.6 Å². The van der Waals surface area contributed by atoms with Crippen LogP contribution in [0.5, 0.6) is 5.75 Å². The molecule has 1 saturated heterocycles. The average molecular weight is 271 g/mol. The molecule has 1 aliphatic rings. The first kappa shape index (κ1) is 12.8. The van der Waals surface area contributed by atoms with Crippen LogP contribution >= 0.6 is 11.6 Å². The van der Waals surface area contributed by atoms with Crippen molar-refractivity contribution in [1.82, 2.24) is 4.90 Å². The summed E-state index contributed by atoms with van der Waals surface area (Å²) in [5.41, 5.74) is 1.00. The molecular formula is C12H15ClN2O3. The lowest BCUT2D eigenvalue weighted by atomic mass is 10.2. The van der Waals surface area contributed by atoms with Crippen LogP contribution in [0.15, 0.2) is 18.2 Å². The number of nitrogens with zero attached hydrogens (tertiary/aromatic N) is 2. The monoisotopic (exact) mass is 270 g/mol. The highest BCUT2D eigenvalue weighted by molar-refractivity contribution is 6.32. The molecule has 5 nitrogen and oxygen atoms in total. The van der Waals surface area contributed by atoms with Gasteiger partial charge in [0.25, 0.3) is 0 Å². The van der Waals surface area contributed by atoms with Crippen LogP contribution in [0.25, 0.3) is 0 Å². The molecule has 0 aliphatic carbocycles. The summed E-state index contributed by atoms with van der Waals surface area (Å²) in [6.45, 7) is 2.38. The van der Waals surface area contributed by atoms with Gasteiger partial charge in [0, 0.05) is 37.9 Å². The molecule has 1 heterocycles. The van der Waals surface area contributed by atoms with E-state index in [1.165, 1.54) is 4.90 Å². The lowest BCUT2D eigenvalue weighted by Crippen LogP contribution is -2.48. The molecule has 1 aromatic carbocycles. The average Bonchev–Trinajstić information content (AvgIpc) is 2.39. The third kappa shape index (κ3) is 2.61. The van der Waals surface area contributed by atoms with E-state index in [4.69, 9.17) is 21.4 Å². The predicted molar refractivity (Wildman–Crippen MR) is 69.8 cm³/mol. The van der Waals surface area contributed by atoms with Gasteiger partial charge in [0.2, 0.25) is 0 Å². The number of hydrogen-bond acceptors (Lipinski definition) is 3. The van der Waals surface area contributed by atoms with Gasteiger partial charge in [-0.3, -0.25) is 0 Å². The number of benzene rings is 1. The molecule has 0 bridgehead atoms. The molecule has 1 aromatic rings. The van der Waals surface area contributed by atoms with Crippen molar-refractivity contribution in [2.24, 2.45) is 0 Å². The van der Waals surface area contributed by atoms with Crippen molar-refractivity contribution in [3.8, 4) is 5.75 Å². The van der Waals surface area contributed by atoms with E-state index in [1.54, 1.807) is 13.2 Å². The minimum absolute atomic E-state index is 0.514. The molecule has 0 spiro atoms. The SMILES string of the molecule is COc1cc(N2CCN(C(=O)O)CC2)ccc1Cl. The third-order valence-electron chi connectivity index (χ3n) is 3.05. The zero-order valence-electron chi connectivity index (χ0n) is 10.1. The Balaban J connectivity index is 2.07. The lowest BCUT2D eigenvalue weighted by Gasteiger charge is -2.34. The van der Waals surface area contributed by atoms with Gasteiger partial charge < -0.3 is 19.6 Å². The van der Waals surface area contributed by atoms with Crippen LogP contribution in [0.2, 0.25) is 5.02 Å². The van der Waals surface area contributed by atoms with Gasteiger partial charge >= 0.3 is 6.09 Å². The van der Waals surface area contributed by atoms with Crippen molar-refractivity contribution in [3.05, 3.63) is 23.2 Å². The summed E-state index contributed by atoms with van der Waals surface area (Å²) in [5, 5.41) is 9.46. The van der Waals surface area contributed by atoms with Gasteiger partial charge in [-0.05, 0) is 12.1 Å². The molecule has 0 radical (unpaired) electrons. The Morgan fingerprint density at radius 2 is 2.00 bits per heavy atom. The highest BCUT2D eigenvalue weighted by Gasteiger charge is 2.20. The quantitative estimate of drug-likeness (QED) is 0.895. The molecule has 6 heteroatoms. The normalized spacial score (nSPS) is 15.7. The van der Waals surface area contributed by atoms with E-state index in [0.717, 1.165) is 5.69 Å². The van der Waals surface area contributed by atoms with Gasteiger partial charge in [-0.15, -0.1) is 0 Å². The molecule has 98 valence electrons. The predicted octanol–water partition coefficient (Wildman–Crippen LogP) is 2.15. The number of carbonyl (C=O) groups is 1. The Morgan fingerprint density at radius 1 is 1.33 bits per heavy atom. The number of hydrogen-bond donors (Lipinski definition) is 1. The summed E-state index contributed by atoms with van der Waals surface area (Å²) in [6, 6.07) is 5.58. The molecule has 18 heavy (non-hydrogen) atoms. The summed E-state index contributed by atoms with van der Waals surface area (Å²) in [6.07, 6.45) is -0.858. The highest BCUT2D eigenvalue weighted by atomic mass is 35.5. The van der Waals surface area contributed by atoms with Crippen molar-refractivity contribution in [1.29, 1.82) is 0 Å². The maximum absolute atomic E-state index is 10.8. The summed E-state index contributed by atoms with van der Waals surface area (Å²) >= 11 is 5.97. The second-order valence-corrected chi connectivity index (χ2v) is 4.48. The molecule has 0 atom stereocenters. The fraction of sp³-hybridized carbons (Fsp3) is 0.417. The van der Waals surface area contributed by atoms with Crippen LogP contribution in [0.4, 0.5) is 10.5 Å². The zero-order chi connectivity index (χ0) is 13.1. The van der Waals surface area contributed by atoms with E-state index >= 15 is 0 Å². The maximum Gasteiger partial charge on any atom is 0.407 e. The number of rotatable bonds is 2. The second kappa shape index (κ2) is 5.35. The first-order valence-electron chi connectivity index (χ1n) is 5.68. The molecule has 1 N–H and O–H groups in total. The van der Waals surface area contributed by atoms with Crippen molar-refractivity contribution in [2.45, 2.75) is 0 Å². The van der Waals surface area contributed by atoms with Crippen molar-refractivity contribution >= 4 is 23.4 Å². The van der Waals surface area contributed by atoms with Crippen LogP contribution in [-0.4, -0.2) is 49.4 Å². The van der Waals surface area contributed by atoms with Crippen LogP contribution in [0.3, 0.4) is 0 Å². The maximum atomic E-state index is 10.8. The third-order valence-corrected chi connectivity index (χ3v) is 3.36. The van der Waals surface area contributed by atoms with E-state index in [-0.39, 0.29) is 0 Å². The second-order valence-electron chi connectivity index (χ2n) is 4.08. The molecule has 2 rings (SSSR count). The first-order chi connectivity index (χ1) is 8.61. The largest absolute Gasteiger partial charge is 0.495 e. The Kier molecular flexibility index (Phi) is 3.81. The van der Waals surface area contributed by atoms with Crippen LogP contribution < -0.4 is 9.64 Å². The number of amides is 1. The Hall–Kier alpha value is -1.62. The fourth-order valence-electron chi connectivity index (χ4n) is 2.00. The van der Waals surface area contributed by atoms with Crippen LogP contribution in [0, 0.1) is 0 Å². The Morgan fingerprint density at radius 3 is 2.56 bits per heavy atom.